The predicted octanol–water partition coefficient (Wildman–Crippen LogP) is 3.59. The third-order valence-corrected chi connectivity index (χ3v) is 3.45. The topological polar surface area (TPSA) is 115 Å². The van der Waals surface area contributed by atoms with Crippen LogP contribution in [0.25, 0.3) is 0 Å². The molecule has 0 aliphatic heterocycles. The Bertz CT molecular complexity index is 574. The summed E-state index contributed by atoms with van der Waals surface area (Å²) >= 11 is 0. The normalized spacial score (nSPS) is 10.3. The van der Waals surface area contributed by atoms with Gasteiger partial charge in [-0.1, -0.05) is 39.0 Å². The molecule has 0 atom stereocenters. The Hall–Kier alpha value is -2.51. The number of unbranched alkanes of at least 4 members (excludes halogenated alkanes) is 5. The van der Waals surface area contributed by atoms with Gasteiger partial charge >= 0.3 is 0 Å². The number of nitro benzene ring substituents is 2. The first kappa shape index (κ1) is 18.5. The lowest BCUT2D eigenvalue weighted by Crippen LogP contribution is -2.25. The Morgan fingerprint density at radius 3 is 2.30 bits per heavy atom. The van der Waals surface area contributed by atoms with Crippen LogP contribution in [0, 0.1) is 20.2 Å². The van der Waals surface area contributed by atoms with Gasteiger partial charge in [0.1, 0.15) is 5.56 Å². The van der Waals surface area contributed by atoms with Gasteiger partial charge in [-0.3, -0.25) is 25.0 Å². The monoisotopic (exact) mass is 323 g/mol. The summed E-state index contributed by atoms with van der Waals surface area (Å²) in [5.74, 6) is -0.583. The number of nitrogens with zero attached hydrogens (tertiary/aromatic N) is 2. The molecule has 0 saturated carbocycles. The summed E-state index contributed by atoms with van der Waals surface area (Å²) in [5, 5.41) is 24.3. The fourth-order valence-corrected chi connectivity index (χ4v) is 2.18. The molecule has 0 spiro atoms. The van der Waals surface area contributed by atoms with E-state index in [-0.39, 0.29) is 5.56 Å². The van der Waals surface area contributed by atoms with Gasteiger partial charge in [-0.2, -0.15) is 0 Å². The van der Waals surface area contributed by atoms with Gasteiger partial charge in [0.2, 0.25) is 0 Å². The van der Waals surface area contributed by atoms with E-state index < -0.39 is 27.1 Å². The molecule has 0 radical (unpaired) electrons. The van der Waals surface area contributed by atoms with Gasteiger partial charge < -0.3 is 5.32 Å². The quantitative estimate of drug-likeness (QED) is 0.401. The van der Waals surface area contributed by atoms with Crippen LogP contribution in [0.3, 0.4) is 0 Å². The third kappa shape index (κ3) is 6.01. The highest BCUT2D eigenvalue weighted by Crippen LogP contribution is 2.24. The molecule has 0 bridgehead atoms. The van der Waals surface area contributed by atoms with E-state index in [1.807, 2.05) is 0 Å². The van der Waals surface area contributed by atoms with Gasteiger partial charge in [-0.25, -0.2) is 0 Å². The highest BCUT2D eigenvalue weighted by Gasteiger charge is 2.23. The van der Waals surface area contributed by atoms with Crippen molar-refractivity contribution < 1.29 is 14.6 Å². The van der Waals surface area contributed by atoms with Crippen molar-refractivity contribution in [3.8, 4) is 0 Å². The Labute approximate surface area is 134 Å². The van der Waals surface area contributed by atoms with Crippen molar-refractivity contribution in [2.24, 2.45) is 0 Å². The van der Waals surface area contributed by atoms with Crippen molar-refractivity contribution in [3.05, 3.63) is 44.0 Å². The zero-order valence-electron chi connectivity index (χ0n) is 13.1. The number of non-ortho nitro benzene ring substituents is 1. The van der Waals surface area contributed by atoms with Gasteiger partial charge in [0, 0.05) is 12.6 Å². The zero-order chi connectivity index (χ0) is 17.2. The van der Waals surface area contributed by atoms with E-state index in [9.17, 15) is 25.0 Å². The number of carbonyl (C=O) groups is 1. The Kier molecular flexibility index (Phi) is 7.65. The summed E-state index contributed by atoms with van der Waals surface area (Å²) in [6.45, 7) is 2.57. The Morgan fingerprint density at radius 1 is 1.04 bits per heavy atom. The van der Waals surface area contributed by atoms with Crippen molar-refractivity contribution >= 4 is 17.3 Å². The van der Waals surface area contributed by atoms with Crippen molar-refractivity contribution in [2.75, 3.05) is 6.54 Å². The van der Waals surface area contributed by atoms with Crippen LogP contribution in [0.2, 0.25) is 0 Å². The second-order valence-corrected chi connectivity index (χ2v) is 5.24. The van der Waals surface area contributed by atoms with Gasteiger partial charge in [-0.15, -0.1) is 0 Å². The summed E-state index contributed by atoms with van der Waals surface area (Å²) < 4.78 is 0. The number of nitro groups is 2. The number of nitrogens with one attached hydrogen (secondary N) is 1. The first-order valence-corrected chi connectivity index (χ1v) is 7.68. The Balaban J connectivity index is 2.58. The molecule has 0 aliphatic carbocycles. The molecule has 8 heteroatoms. The number of benzene rings is 1. The minimum atomic E-state index is -0.785. The minimum absolute atomic E-state index is 0.161. The van der Waals surface area contributed by atoms with E-state index in [1.165, 1.54) is 12.8 Å². The summed E-state index contributed by atoms with van der Waals surface area (Å²) in [6, 6.07) is 3.01. The summed E-state index contributed by atoms with van der Waals surface area (Å²) in [5.41, 5.74) is -1.13. The second-order valence-electron chi connectivity index (χ2n) is 5.24. The maximum Gasteiger partial charge on any atom is 0.289 e. The molecule has 0 aromatic heterocycles. The molecular weight excluding hydrogens is 302 g/mol. The molecule has 1 aromatic carbocycles. The molecule has 0 fully saturated rings. The number of rotatable bonds is 10. The number of amides is 1. The zero-order valence-corrected chi connectivity index (χ0v) is 13.1. The summed E-state index contributed by atoms with van der Waals surface area (Å²) in [7, 11) is 0. The van der Waals surface area contributed by atoms with Gasteiger partial charge in [-0.05, 0) is 12.5 Å². The summed E-state index contributed by atoms with van der Waals surface area (Å²) in [4.78, 5) is 32.1. The molecule has 1 N–H and O–H groups in total. The van der Waals surface area contributed by atoms with Crippen molar-refractivity contribution in [1.29, 1.82) is 0 Å². The number of carbonyl (C=O) groups excluding carboxylic acids is 1. The molecule has 1 aromatic rings. The maximum atomic E-state index is 12.0. The molecule has 8 nitrogen and oxygen atoms in total. The van der Waals surface area contributed by atoms with E-state index in [4.69, 9.17) is 0 Å². The average molecular weight is 323 g/mol. The van der Waals surface area contributed by atoms with Crippen LogP contribution in [-0.2, 0) is 0 Å². The minimum Gasteiger partial charge on any atom is -0.352 e. The lowest BCUT2D eigenvalue weighted by molar-refractivity contribution is -0.394. The number of hydrogen-bond acceptors (Lipinski definition) is 5. The predicted molar refractivity (Wildman–Crippen MR) is 85.5 cm³/mol. The van der Waals surface area contributed by atoms with Crippen LogP contribution in [0.1, 0.15) is 55.8 Å². The molecule has 23 heavy (non-hydrogen) atoms. The molecule has 0 aliphatic rings. The van der Waals surface area contributed by atoms with Crippen LogP contribution < -0.4 is 5.32 Å². The van der Waals surface area contributed by atoms with Gasteiger partial charge in [0.25, 0.3) is 17.3 Å². The van der Waals surface area contributed by atoms with E-state index in [0.29, 0.717) is 6.54 Å². The molecule has 0 heterocycles. The smallest absolute Gasteiger partial charge is 0.289 e. The molecular formula is C15H21N3O5. The first-order valence-electron chi connectivity index (χ1n) is 7.68. The lowest BCUT2D eigenvalue weighted by Gasteiger charge is -2.06. The average Bonchev–Trinajstić information content (AvgIpc) is 2.53. The molecule has 1 amide bonds. The molecule has 0 unspecified atom stereocenters. The lowest BCUT2D eigenvalue weighted by atomic mass is 10.1. The molecule has 0 saturated heterocycles. The molecule has 126 valence electrons. The van der Waals surface area contributed by atoms with Gasteiger partial charge in [0.15, 0.2) is 0 Å². The van der Waals surface area contributed by atoms with E-state index in [0.717, 1.165) is 43.9 Å². The van der Waals surface area contributed by atoms with Crippen molar-refractivity contribution in [3.63, 3.8) is 0 Å². The first-order chi connectivity index (χ1) is 11.0. The van der Waals surface area contributed by atoms with Crippen LogP contribution >= 0.6 is 0 Å². The highest BCUT2D eigenvalue weighted by atomic mass is 16.6. The largest absolute Gasteiger partial charge is 0.352 e. The fourth-order valence-electron chi connectivity index (χ4n) is 2.18. The SMILES string of the molecule is CCCCCCCCNC(=O)c1ccc([N+](=O)[O-])cc1[N+](=O)[O-]. The van der Waals surface area contributed by atoms with Crippen LogP contribution in [0.5, 0.6) is 0 Å². The van der Waals surface area contributed by atoms with Gasteiger partial charge in [0.05, 0.1) is 15.9 Å². The summed E-state index contributed by atoms with van der Waals surface area (Å²) in [6.07, 6.45) is 6.42. The Morgan fingerprint density at radius 2 is 1.70 bits per heavy atom. The standard InChI is InChI=1S/C15H21N3O5/c1-2-3-4-5-6-7-10-16-15(19)13-9-8-12(17(20)21)11-14(13)18(22)23/h8-9,11H,2-7,10H2,1H3,(H,16,19). The number of hydrogen-bond donors (Lipinski definition) is 1. The van der Waals surface area contributed by atoms with Crippen LogP contribution in [0.4, 0.5) is 11.4 Å². The third-order valence-electron chi connectivity index (χ3n) is 3.45. The second kappa shape index (κ2) is 9.50. The van der Waals surface area contributed by atoms with E-state index >= 15 is 0 Å². The maximum absolute atomic E-state index is 12.0. The highest BCUT2D eigenvalue weighted by molar-refractivity contribution is 5.98. The van der Waals surface area contributed by atoms with E-state index in [1.54, 1.807) is 0 Å². The van der Waals surface area contributed by atoms with Crippen LogP contribution in [0.15, 0.2) is 18.2 Å². The van der Waals surface area contributed by atoms with E-state index in [2.05, 4.69) is 12.2 Å². The molecule has 1 rings (SSSR count). The van der Waals surface area contributed by atoms with Crippen LogP contribution in [-0.4, -0.2) is 22.3 Å². The fraction of sp³-hybridized carbons (Fsp3) is 0.533. The van der Waals surface area contributed by atoms with Crippen molar-refractivity contribution in [1.82, 2.24) is 5.32 Å². The van der Waals surface area contributed by atoms with Crippen molar-refractivity contribution in [2.45, 2.75) is 45.4 Å².